The summed E-state index contributed by atoms with van der Waals surface area (Å²) in [6, 6.07) is 12.6. The van der Waals surface area contributed by atoms with Crippen LogP contribution >= 0.6 is 34.8 Å². The molecule has 4 N–H and O–H groups in total. The molecule has 2 rings (SSSR count). The van der Waals surface area contributed by atoms with Crippen molar-refractivity contribution in [2.75, 3.05) is 0 Å². The Hall–Kier alpha value is -1.33. The van der Waals surface area contributed by atoms with Gasteiger partial charge in [-0.15, -0.1) is 0 Å². The Morgan fingerprint density at radius 1 is 1.18 bits per heavy atom. The standard InChI is InChI=1S/C15H14Cl3N3O/c16-15(17,18)14(20-10-11-5-4-8-19-9-11)21-13(22)12-6-2-1-3-7-12/h1-9,14,20H,10H2,(H,21,22)/p+2. The molecular formula is C15H16Cl3N3O+2. The summed E-state index contributed by atoms with van der Waals surface area (Å²) in [7, 11) is 0. The zero-order valence-electron chi connectivity index (χ0n) is 11.6. The highest BCUT2D eigenvalue weighted by molar-refractivity contribution is 6.68. The molecule has 1 atom stereocenters. The number of rotatable bonds is 5. The first-order valence-corrected chi connectivity index (χ1v) is 7.81. The fourth-order valence-electron chi connectivity index (χ4n) is 1.90. The zero-order chi connectivity index (χ0) is 16.0. The van der Waals surface area contributed by atoms with E-state index >= 15 is 0 Å². The number of H-pyrrole nitrogens is 1. The molecule has 1 amide bonds. The third kappa shape index (κ3) is 5.14. The number of alkyl halides is 3. The molecule has 1 heterocycles. The van der Waals surface area contributed by atoms with E-state index in [1.807, 2.05) is 30.6 Å². The third-order valence-electron chi connectivity index (χ3n) is 3.04. The Morgan fingerprint density at radius 3 is 2.50 bits per heavy atom. The topological polar surface area (TPSA) is 59.9 Å². The van der Waals surface area contributed by atoms with Crippen molar-refractivity contribution in [2.24, 2.45) is 0 Å². The number of hydrogen-bond donors (Lipinski definition) is 2. The van der Waals surface area contributed by atoms with Gasteiger partial charge in [-0.1, -0.05) is 53.0 Å². The van der Waals surface area contributed by atoms with Gasteiger partial charge in [-0.25, -0.2) is 4.98 Å². The van der Waals surface area contributed by atoms with Crippen molar-refractivity contribution < 1.29 is 15.1 Å². The molecule has 0 bridgehead atoms. The number of carbonyl (C=O) groups is 1. The molecule has 4 nitrogen and oxygen atoms in total. The zero-order valence-corrected chi connectivity index (χ0v) is 13.9. The molecule has 0 aliphatic rings. The van der Waals surface area contributed by atoms with Crippen LogP contribution < -0.4 is 15.6 Å². The lowest BCUT2D eigenvalue weighted by molar-refractivity contribution is -0.707. The number of benzene rings is 1. The quantitative estimate of drug-likeness (QED) is 0.619. The van der Waals surface area contributed by atoms with Crippen LogP contribution in [0.4, 0.5) is 0 Å². The van der Waals surface area contributed by atoms with Gasteiger partial charge in [0.05, 0.1) is 5.56 Å². The van der Waals surface area contributed by atoms with Gasteiger partial charge in [0.15, 0.2) is 12.4 Å². The number of aromatic nitrogens is 1. The van der Waals surface area contributed by atoms with Crippen molar-refractivity contribution in [2.45, 2.75) is 16.5 Å². The summed E-state index contributed by atoms with van der Waals surface area (Å²) in [6.07, 6.45) is 2.96. The number of pyridine rings is 1. The molecule has 116 valence electrons. The van der Waals surface area contributed by atoms with Crippen LogP contribution in [0.1, 0.15) is 15.9 Å². The van der Waals surface area contributed by atoms with E-state index in [4.69, 9.17) is 34.8 Å². The number of aromatic amines is 1. The van der Waals surface area contributed by atoms with Gasteiger partial charge in [0.25, 0.3) is 9.70 Å². The number of nitrogens with one attached hydrogen (secondary N) is 2. The van der Waals surface area contributed by atoms with Gasteiger partial charge in [-0.05, 0) is 18.2 Å². The number of nitrogens with two attached hydrogens (primary N) is 1. The summed E-state index contributed by atoms with van der Waals surface area (Å²) in [5.74, 6) is -0.284. The second kappa shape index (κ2) is 7.79. The molecule has 0 fully saturated rings. The highest BCUT2D eigenvalue weighted by Crippen LogP contribution is 2.27. The van der Waals surface area contributed by atoms with E-state index in [1.54, 1.807) is 29.6 Å². The van der Waals surface area contributed by atoms with E-state index in [0.717, 1.165) is 5.56 Å². The molecule has 0 aliphatic carbocycles. The molecule has 7 heteroatoms. The van der Waals surface area contributed by atoms with E-state index in [1.165, 1.54) is 0 Å². The summed E-state index contributed by atoms with van der Waals surface area (Å²) in [5, 5.41) is 4.52. The Morgan fingerprint density at radius 2 is 1.91 bits per heavy atom. The van der Waals surface area contributed by atoms with Crippen LogP contribution in [0.5, 0.6) is 0 Å². The predicted molar refractivity (Wildman–Crippen MR) is 86.6 cm³/mol. The van der Waals surface area contributed by atoms with E-state index in [9.17, 15) is 4.79 Å². The smallest absolute Gasteiger partial charge is 0.262 e. The second-order valence-corrected chi connectivity index (χ2v) is 7.08. The lowest BCUT2D eigenvalue weighted by Crippen LogP contribution is -2.95. The van der Waals surface area contributed by atoms with Crippen LogP contribution in [0, 0.1) is 0 Å². The van der Waals surface area contributed by atoms with Crippen molar-refractivity contribution in [3.8, 4) is 0 Å². The number of halogens is 3. The Labute approximate surface area is 143 Å². The van der Waals surface area contributed by atoms with Crippen LogP contribution in [0.15, 0.2) is 54.9 Å². The third-order valence-corrected chi connectivity index (χ3v) is 3.74. The van der Waals surface area contributed by atoms with Gasteiger partial charge in [-0.3, -0.25) is 10.1 Å². The minimum absolute atomic E-state index is 0.284. The molecule has 22 heavy (non-hydrogen) atoms. The van der Waals surface area contributed by atoms with Gasteiger partial charge in [0.1, 0.15) is 6.54 Å². The van der Waals surface area contributed by atoms with E-state index < -0.39 is 9.96 Å². The molecule has 0 aliphatic heterocycles. The molecule has 0 saturated heterocycles. The average Bonchev–Trinajstić information content (AvgIpc) is 2.52. The summed E-state index contributed by atoms with van der Waals surface area (Å²) < 4.78 is -1.62. The van der Waals surface area contributed by atoms with E-state index in [0.29, 0.717) is 12.1 Å². The van der Waals surface area contributed by atoms with Crippen LogP contribution in [-0.4, -0.2) is 15.9 Å². The molecule has 0 saturated carbocycles. The molecule has 1 unspecified atom stereocenters. The first kappa shape index (κ1) is 17.0. The number of quaternary nitrogens is 1. The van der Waals surface area contributed by atoms with Crippen molar-refractivity contribution >= 4 is 40.7 Å². The maximum Gasteiger partial charge on any atom is 0.262 e. The van der Waals surface area contributed by atoms with Crippen molar-refractivity contribution in [3.63, 3.8) is 0 Å². The fourth-order valence-corrected chi connectivity index (χ4v) is 2.33. The van der Waals surface area contributed by atoms with Crippen molar-refractivity contribution in [1.82, 2.24) is 5.32 Å². The van der Waals surface area contributed by atoms with Crippen molar-refractivity contribution in [1.29, 1.82) is 0 Å². The molecular weight excluding hydrogens is 345 g/mol. The minimum atomic E-state index is -1.62. The van der Waals surface area contributed by atoms with Crippen LogP contribution in [0.3, 0.4) is 0 Å². The highest BCUT2D eigenvalue weighted by atomic mass is 35.6. The first-order chi connectivity index (χ1) is 10.5. The molecule has 0 spiro atoms. The summed E-state index contributed by atoms with van der Waals surface area (Å²) in [5.41, 5.74) is 1.54. The average molecular weight is 361 g/mol. The fraction of sp³-hybridized carbons (Fsp3) is 0.200. The van der Waals surface area contributed by atoms with Gasteiger partial charge < -0.3 is 5.32 Å². The van der Waals surface area contributed by atoms with E-state index in [2.05, 4.69) is 10.3 Å². The second-order valence-electron chi connectivity index (χ2n) is 4.71. The monoisotopic (exact) mass is 359 g/mol. The van der Waals surface area contributed by atoms with Gasteiger partial charge in [0.2, 0.25) is 6.17 Å². The predicted octanol–water partition coefficient (Wildman–Crippen LogP) is 1.69. The van der Waals surface area contributed by atoms with Gasteiger partial charge >= 0.3 is 0 Å². The lowest BCUT2D eigenvalue weighted by Gasteiger charge is -2.23. The van der Waals surface area contributed by atoms with Crippen LogP contribution in [-0.2, 0) is 6.54 Å². The van der Waals surface area contributed by atoms with Crippen LogP contribution in [0.25, 0.3) is 0 Å². The molecule has 1 aromatic heterocycles. The maximum atomic E-state index is 12.2. The molecule has 2 aromatic rings. The number of hydrogen-bond acceptors (Lipinski definition) is 1. The van der Waals surface area contributed by atoms with Crippen molar-refractivity contribution in [3.05, 3.63) is 66.0 Å². The summed E-state index contributed by atoms with van der Waals surface area (Å²) in [4.78, 5) is 15.2. The normalized spacial score (nSPS) is 12.7. The number of carbonyl (C=O) groups excluding carboxylic acids is 1. The maximum absolute atomic E-state index is 12.2. The van der Waals surface area contributed by atoms with Gasteiger partial charge in [0, 0.05) is 11.6 Å². The van der Waals surface area contributed by atoms with E-state index in [-0.39, 0.29) is 5.91 Å². The molecule has 0 radical (unpaired) electrons. The largest absolute Gasteiger partial charge is 0.319 e. The molecule has 1 aromatic carbocycles. The minimum Gasteiger partial charge on any atom is -0.319 e. The lowest BCUT2D eigenvalue weighted by atomic mass is 10.2. The Balaban J connectivity index is 2.02. The summed E-state index contributed by atoms with van der Waals surface area (Å²) >= 11 is 17.9. The van der Waals surface area contributed by atoms with Crippen LogP contribution in [0.2, 0.25) is 0 Å². The SMILES string of the molecule is O=C(NC([NH2+]Cc1ccc[nH+]c1)C(Cl)(Cl)Cl)c1ccccc1. The first-order valence-electron chi connectivity index (χ1n) is 6.68. The number of amides is 1. The summed E-state index contributed by atoms with van der Waals surface area (Å²) in [6.45, 7) is 0.561. The van der Waals surface area contributed by atoms with Gasteiger partial charge in [-0.2, -0.15) is 0 Å². The highest BCUT2D eigenvalue weighted by Gasteiger charge is 2.37. The Kier molecular flexibility index (Phi) is 6.03. The Bertz CT molecular complexity index is 602.